The zero-order valence-electron chi connectivity index (χ0n) is 10.8. The quantitative estimate of drug-likeness (QED) is 0.753. The molecule has 0 radical (unpaired) electrons. The molecule has 3 N–H and O–H groups in total. The van der Waals surface area contributed by atoms with Gasteiger partial charge in [0.15, 0.2) is 11.5 Å². The van der Waals surface area contributed by atoms with Gasteiger partial charge in [0.1, 0.15) is 24.2 Å². The van der Waals surface area contributed by atoms with E-state index in [2.05, 4.69) is 20.3 Å². The van der Waals surface area contributed by atoms with Crippen LogP contribution in [0.25, 0.3) is 11.2 Å². The van der Waals surface area contributed by atoms with Crippen LogP contribution in [0.4, 0.5) is 15.9 Å². The minimum absolute atomic E-state index is 0.0104. The minimum Gasteiger partial charge on any atom is -0.382 e. The molecule has 0 saturated carbocycles. The van der Waals surface area contributed by atoms with Gasteiger partial charge in [-0.1, -0.05) is 6.07 Å². The summed E-state index contributed by atoms with van der Waals surface area (Å²) in [5.74, 6) is -0.484. The number of nitrogens with one attached hydrogen (secondary N) is 1. The van der Waals surface area contributed by atoms with Crippen LogP contribution in [0.5, 0.6) is 0 Å². The zero-order chi connectivity index (χ0) is 14.8. The van der Waals surface area contributed by atoms with Crippen molar-refractivity contribution in [3.63, 3.8) is 0 Å². The van der Waals surface area contributed by atoms with Gasteiger partial charge in [0.25, 0.3) is 0 Å². The average molecular weight is 286 g/mol. The van der Waals surface area contributed by atoms with Crippen molar-refractivity contribution in [2.24, 2.45) is 0 Å². The monoisotopic (exact) mass is 286 g/mol. The van der Waals surface area contributed by atoms with Crippen LogP contribution in [0.3, 0.4) is 0 Å². The Kier molecular flexibility index (Phi) is 3.19. The molecule has 8 heteroatoms. The molecule has 21 heavy (non-hydrogen) atoms. The van der Waals surface area contributed by atoms with E-state index in [-0.39, 0.29) is 18.3 Å². The predicted octanol–water partition coefficient (Wildman–Crippen LogP) is 1.19. The third-order valence-electron chi connectivity index (χ3n) is 2.85. The highest BCUT2D eigenvalue weighted by Crippen LogP contribution is 2.14. The van der Waals surface area contributed by atoms with Gasteiger partial charge in [0.2, 0.25) is 5.91 Å². The Morgan fingerprint density at radius 3 is 3.00 bits per heavy atom. The fourth-order valence-electron chi connectivity index (χ4n) is 1.94. The van der Waals surface area contributed by atoms with Crippen molar-refractivity contribution >= 4 is 28.6 Å². The van der Waals surface area contributed by atoms with Crippen molar-refractivity contribution in [1.29, 1.82) is 0 Å². The molecule has 1 aromatic carbocycles. The van der Waals surface area contributed by atoms with Gasteiger partial charge in [0.05, 0.1) is 6.33 Å². The average Bonchev–Trinajstić information content (AvgIpc) is 2.83. The maximum Gasteiger partial charge on any atom is 0.244 e. The summed E-state index contributed by atoms with van der Waals surface area (Å²) in [5.41, 5.74) is 6.97. The van der Waals surface area contributed by atoms with Crippen LogP contribution in [-0.4, -0.2) is 25.4 Å². The molecule has 3 aromatic rings. The smallest absolute Gasteiger partial charge is 0.244 e. The number of carbonyl (C=O) groups is 1. The van der Waals surface area contributed by atoms with E-state index < -0.39 is 5.82 Å². The zero-order valence-corrected chi connectivity index (χ0v) is 10.8. The number of amides is 1. The number of benzene rings is 1. The molecule has 0 unspecified atom stereocenters. The highest BCUT2D eigenvalue weighted by Gasteiger charge is 2.11. The summed E-state index contributed by atoms with van der Waals surface area (Å²) in [4.78, 5) is 23.9. The van der Waals surface area contributed by atoms with E-state index in [9.17, 15) is 9.18 Å². The fraction of sp³-hybridized carbons (Fsp3) is 0.0769. The minimum atomic E-state index is -0.415. The number of nitrogens with zero attached hydrogens (tertiary/aromatic N) is 4. The van der Waals surface area contributed by atoms with Gasteiger partial charge in [0, 0.05) is 5.69 Å². The van der Waals surface area contributed by atoms with E-state index in [1.807, 2.05) is 0 Å². The first-order valence-corrected chi connectivity index (χ1v) is 6.10. The van der Waals surface area contributed by atoms with Crippen molar-refractivity contribution < 1.29 is 9.18 Å². The number of anilines is 2. The van der Waals surface area contributed by atoms with Crippen LogP contribution in [0.15, 0.2) is 36.9 Å². The van der Waals surface area contributed by atoms with Crippen LogP contribution in [0, 0.1) is 5.82 Å². The fourth-order valence-corrected chi connectivity index (χ4v) is 1.94. The molecule has 3 rings (SSSR count). The number of imidazole rings is 1. The molecular formula is C13H11FN6O. The summed E-state index contributed by atoms with van der Waals surface area (Å²) in [6, 6.07) is 5.67. The summed E-state index contributed by atoms with van der Waals surface area (Å²) in [7, 11) is 0. The number of fused-ring (bicyclic) bond motifs is 1. The van der Waals surface area contributed by atoms with Crippen LogP contribution in [0.1, 0.15) is 0 Å². The van der Waals surface area contributed by atoms with E-state index >= 15 is 0 Å². The lowest BCUT2D eigenvalue weighted by atomic mass is 10.3. The summed E-state index contributed by atoms with van der Waals surface area (Å²) < 4.78 is 14.6. The molecule has 0 atom stereocenters. The van der Waals surface area contributed by atoms with E-state index in [0.717, 1.165) is 0 Å². The molecule has 1 amide bonds. The predicted molar refractivity (Wildman–Crippen MR) is 74.8 cm³/mol. The third-order valence-corrected chi connectivity index (χ3v) is 2.85. The van der Waals surface area contributed by atoms with Crippen molar-refractivity contribution in [3.05, 3.63) is 42.7 Å². The molecule has 0 aliphatic carbocycles. The number of rotatable bonds is 3. The van der Waals surface area contributed by atoms with Gasteiger partial charge in [-0.15, -0.1) is 0 Å². The van der Waals surface area contributed by atoms with Gasteiger partial charge in [-0.05, 0) is 18.2 Å². The van der Waals surface area contributed by atoms with E-state index in [4.69, 9.17) is 5.73 Å². The lowest BCUT2D eigenvalue weighted by molar-refractivity contribution is -0.116. The molecule has 0 spiro atoms. The maximum absolute atomic E-state index is 13.1. The summed E-state index contributed by atoms with van der Waals surface area (Å²) in [6.07, 6.45) is 2.77. The largest absolute Gasteiger partial charge is 0.382 e. The second kappa shape index (κ2) is 5.16. The molecule has 0 aliphatic heterocycles. The second-order valence-corrected chi connectivity index (χ2v) is 4.36. The Morgan fingerprint density at radius 2 is 2.19 bits per heavy atom. The van der Waals surface area contributed by atoms with Crippen molar-refractivity contribution in [2.45, 2.75) is 6.54 Å². The summed E-state index contributed by atoms with van der Waals surface area (Å²) in [6.45, 7) is -0.0104. The topological polar surface area (TPSA) is 98.7 Å². The van der Waals surface area contributed by atoms with Crippen molar-refractivity contribution in [3.8, 4) is 0 Å². The molecule has 7 nitrogen and oxygen atoms in total. The Hall–Kier alpha value is -3.03. The number of hydrogen-bond donors (Lipinski definition) is 2. The first-order valence-electron chi connectivity index (χ1n) is 6.10. The lowest BCUT2D eigenvalue weighted by Crippen LogP contribution is -2.18. The number of carbonyl (C=O) groups excluding carboxylic acids is 1. The number of aromatic nitrogens is 4. The Morgan fingerprint density at radius 1 is 1.33 bits per heavy atom. The molecule has 0 bridgehead atoms. The van der Waals surface area contributed by atoms with Crippen LogP contribution in [0.2, 0.25) is 0 Å². The van der Waals surface area contributed by atoms with Crippen molar-refractivity contribution in [1.82, 2.24) is 19.5 Å². The molecule has 0 aliphatic rings. The first kappa shape index (κ1) is 13.0. The normalized spacial score (nSPS) is 10.7. The van der Waals surface area contributed by atoms with E-state index in [0.29, 0.717) is 16.9 Å². The number of nitrogens with two attached hydrogens (primary N) is 1. The number of nitrogen functional groups attached to an aromatic ring is 1. The van der Waals surface area contributed by atoms with Gasteiger partial charge >= 0.3 is 0 Å². The van der Waals surface area contributed by atoms with Gasteiger partial charge in [-0.2, -0.15) is 0 Å². The Balaban J connectivity index is 1.79. The highest BCUT2D eigenvalue weighted by atomic mass is 19.1. The SMILES string of the molecule is Nc1ncnc2c1ncn2CC(=O)Nc1cccc(F)c1. The maximum atomic E-state index is 13.1. The van der Waals surface area contributed by atoms with Gasteiger partial charge in [-0.3, -0.25) is 4.79 Å². The van der Waals surface area contributed by atoms with Crippen LogP contribution < -0.4 is 11.1 Å². The molecule has 2 aromatic heterocycles. The summed E-state index contributed by atoms with van der Waals surface area (Å²) in [5, 5.41) is 2.60. The van der Waals surface area contributed by atoms with Gasteiger partial charge in [-0.25, -0.2) is 19.3 Å². The van der Waals surface area contributed by atoms with Gasteiger partial charge < -0.3 is 15.6 Å². The molecule has 0 fully saturated rings. The van der Waals surface area contributed by atoms with Crippen LogP contribution in [-0.2, 0) is 11.3 Å². The lowest BCUT2D eigenvalue weighted by Gasteiger charge is -2.06. The van der Waals surface area contributed by atoms with Crippen LogP contribution >= 0.6 is 0 Å². The third kappa shape index (κ3) is 2.64. The highest BCUT2D eigenvalue weighted by molar-refractivity contribution is 5.91. The molecule has 106 valence electrons. The number of halogens is 1. The van der Waals surface area contributed by atoms with E-state index in [1.54, 1.807) is 10.6 Å². The summed E-state index contributed by atoms with van der Waals surface area (Å²) >= 11 is 0. The Bertz CT molecular complexity index is 815. The van der Waals surface area contributed by atoms with Crippen molar-refractivity contribution in [2.75, 3.05) is 11.1 Å². The first-order chi connectivity index (χ1) is 10.1. The molecule has 0 saturated heterocycles. The van der Waals surface area contributed by atoms with E-state index in [1.165, 1.54) is 30.9 Å². The number of hydrogen-bond acceptors (Lipinski definition) is 5. The standard InChI is InChI=1S/C13H11FN6O/c14-8-2-1-3-9(4-8)19-10(21)5-20-7-18-11-12(15)16-6-17-13(11)20/h1-4,6-7H,5H2,(H,19,21)(H2,15,16,17). The Labute approximate surface area is 118 Å². The molecule has 2 heterocycles. The second-order valence-electron chi connectivity index (χ2n) is 4.36. The molecular weight excluding hydrogens is 275 g/mol.